The summed E-state index contributed by atoms with van der Waals surface area (Å²) in [5.41, 5.74) is 0.457. The maximum Gasteiger partial charge on any atom is 0.343 e. The second-order valence-electron chi connectivity index (χ2n) is 6.26. The highest BCUT2D eigenvalue weighted by Crippen LogP contribution is 2.31. The van der Waals surface area contributed by atoms with Gasteiger partial charge in [0.25, 0.3) is 11.4 Å². The average Bonchev–Trinajstić information content (AvgIpc) is 2.78. The van der Waals surface area contributed by atoms with Crippen LogP contribution >= 0.6 is 0 Å². The Bertz CT molecular complexity index is 1170. The Morgan fingerprint density at radius 3 is 2.26 bits per heavy atom. The van der Waals surface area contributed by atoms with Crippen molar-refractivity contribution in [2.24, 2.45) is 0 Å². The molecule has 156 valence electrons. The van der Waals surface area contributed by atoms with Crippen molar-refractivity contribution in [3.8, 4) is 11.5 Å². The van der Waals surface area contributed by atoms with Crippen LogP contribution in [0.25, 0.3) is 12.2 Å². The van der Waals surface area contributed by atoms with Gasteiger partial charge in [-0.3, -0.25) is 20.2 Å². The summed E-state index contributed by atoms with van der Waals surface area (Å²) in [7, 11) is 1.42. The molecule has 0 aromatic heterocycles. The zero-order valence-electron chi connectivity index (χ0n) is 16.3. The normalized spacial score (nSPS) is 10.6. The maximum absolute atomic E-state index is 12.3. The Balaban J connectivity index is 1.85. The van der Waals surface area contributed by atoms with E-state index in [2.05, 4.69) is 0 Å². The molecule has 0 aliphatic heterocycles. The number of nitro benzene ring substituents is 2. The maximum atomic E-state index is 12.3. The molecule has 3 aromatic rings. The molecule has 0 radical (unpaired) electrons. The Morgan fingerprint density at radius 2 is 1.61 bits per heavy atom. The first-order chi connectivity index (χ1) is 14.9. The van der Waals surface area contributed by atoms with Crippen LogP contribution in [0.4, 0.5) is 11.4 Å². The average molecular weight is 420 g/mol. The lowest BCUT2D eigenvalue weighted by atomic mass is 10.1. The summed E-state index contributed by atoms with van der Waals surface area (Å²) < 4.78 is 10.7. The fourth-order valence-corrected chi connectivity index (χ4v) is 2.74. The third kappa shape index (κ3) is 5.10. The van der Waals surface area contributed by atoms with Gasteiger partial charge in [0.05, 0.1) is 34.1 Å². The van der Waals surface area contributed by atoms with Crippen molar-refractivity contribution in [3.05, 3.63) is 104 Å². The third-order valence-electron chi connectivity index (χ3n) is 4.28. The van der Waals surface area contributed by atoms with Crippen molar-refractivity contribution >= 4 is 29.5 Å². The summed E-state index contributed by atoms with van der Waals surface area (Å²) in [4.78, 5) is 33.0. The number of methoxy groups -OCH3 is 1. The van der Waals surface area contributed by atoms with E-state index in [9.17, 15) is 25.0 Å². The van der Waals surface area contributed by atoms with Crippen LogP contribution in [0, 0.1) is 20.2 Å². The molecular formula is C22H16N2O7. The highest BCUT2D eigenvalue weighted by Gasteiger charge is 2.18. The molecular weight excluding hydrogens is 404 g/mol. The number of rotatable bonds is 7. The van der Waals surface area contributed by atoms with Gasteiger partial charge in [-0.25, -0.2) is 4.79 Å². The van der Waals surface area contributed by atoms with Gasteiger partial charge in [-0.1, -0.05) is 30.3 Å². The van der Waals surface area contributed by atoms with Gasteiger partial charge in [-0.2, -0.15) is 0 Å². The molecule has 0 saturated carbocycles. The number of nitro groups is 2. The quantitative estimate of drug-likeness (QED) is 0.175. The van der Waals surface area contributed by atoms with Crippen molar-refractivity contribution < 1.29 is 24.1 Å². The summed E-state index contributed by atoms with van der Waals surface area (Å²) in [6, 6.07) is 16.7. The molecule has 0 bridgehead atoms. The molecule has 31 heavy (non-hydrogen) atoms. The van der Waals surface area contributed by atoms with Crippen LogP contribution in [-0.4, -0.2) is 22.9 Å². The molecule has 9 nitrogen and oxygen atoms in total. The molecule has 9 heteroatoms. The van der Waals surface area contributed by atoms with Crippen molar-refractivity contribution in [2.45, 2.75) is 0 Å². The van der Waals surface area contributed by atoms with Gasteiger partial charge in [0, 0.05) is 6.07 Å². The number of hydrogen-bond acceptors (Lipinski definition) is 7. The minimum absolute atomic E-state index is 0.203. The van der Waals surface area contributed by atoms with E-state index in [1.54, 1.807) is 54.6 Å². The molecule has 0 unspecified atom stereocenters. The smallest absolute Gasteiger partial charge is 0.343 e. The Hall–Kier alpha value is -4.53. The number of esters is 1. The molecule has 0 aliphatic rings. The first-order valence-electron chi connectivity index (χ1n) is 8.95. The van der Waals surface area contributed by atoms with E-state index >= 15 is 0 Å². The lowest BCUT2D eigenvalue weighted by Gasteiger charge is -2.10. The van der Waals surface area contributed by atoms with E-state index < -0.39 is 15.8 Å². The van der Waals surface area contributed by atoms with E-state index in [-0.39, 0.29) is 22.7 Å². The van der Waals surface area contributed by atoms with Crippen LogP contribution in [0.3, 0.4) is 0 Å². The minimum Gasteiger partial charge on any atom is -0.493 e. The first kappa shape index (κ1) is 21.2. The van der Waals surface area contributed by atoms with Gasteiger partial charge in [0.2, 0.25) is 0 Å². The first-order valence-corrected chi connectivity index (χ1v) is 8.95. The van der Waals surface area contributed by atoms with Gasteiger partial charge in [-0.15, -0.1) is 0 Å². The zero-order chi connectivity index (χ0) is 22.4. The summed E-state index contributed by atoms with van der Waals surface area (Å²) in [5, 5.41) is 22.1. The molecule has 3 rings (SSSR count). The zero-order valence-corrected chi connectivity index (χ0v) is 16.3. The molecule has 3 aromatic carbocycles. The minimum atomic E-state index is -0.694. The fraction of sp³-hybridized carbons (Fsp3) is 0.0455. The monoisotopic (exact) mass is 420 g/mol. The summed E-state index contributed by atoms with van der Waals surface area (Å²) in [6.45, 7) is 0. The molecule has 0 amide bonds. The molecule has 0 spiro atoms. The SMILES string of the molecule is COc1cc(/C=C/c2ccc([N+](=O)[O-])cc2[N+](=O)[O-])ccc1OC(=O)c1ccccc1. The van der Waals surface area contributed by atoms with Crippen molar-refractivity contribution in [1.82, 2.24) is 0 Å². The predicted octanol–water partition coefficient (Wildman–Crippen LogP) is 4.90. The molecule has 0 atom stereocenters. The van der Waals surface area contributed by atoms with Gasteiger partial charge in [-0.05, 0) is 42.0 Å². The van der Waals surface area contributed by atoms with E-state index in [0.29, 0.717) is 16.9 Å². The van der Waals surface area contributed by atoms with E-state index in [1.165, 1.54) is 25.3 Å². The Morgan fingerprint density at radius 1 is 0.871 bits per heavy atom. The highest BCUT2D eigenvalue weighted by molar-refractivity contribution is 5.91. The van der Waals surface area contributed by atoms with Crippen molar-refractivity contribution in [2.75, 3.05) is 7.11 Å². The topological polar surface area (TPSA) is 122 Å². The number of ether oxygens (including phenoxy) is 2. The summed E-state index contributed by atoms with van der Waals surface area (Å²) in [6.07, 6.45) is 3.05. The van der Waals surface area contributed by atoms with Gasteiger partial charge >= 0.3 is 5.97 Å². The summed E-state index contributed by atoms with van der Waals surface area (Å²) >= 11 is 0. The standard InChI is InChI=1S/C22H16N2O7/c1-30-21-13-15(8-12-20(21)31-22(25)17-5-3-2-4-6-17)7-9-16-10-11-18(23(26)27)14-19(16)24(28)29/h2-14H,1H3/b9-7+. The van der Waals surface area contributed by atoms with Crippen molar-refractivity contribution in [3.63, 3.8) is 0 Å². The van der Waals surface area contributed by atoms with Crippen LogP contribution in [0.5, 0.6) is 11.5 Å². The lowest BCUT2D eigenvalue weighted by Crippen LogP contribution is -2.09. The number of nitrogens with zero attached hydrogens (tertiary/aromatic N) is 2. The van der Waals surface area contributed by atoms with Crippen LogP contribution in [-0.2, 0) is 0 Å². The van der Waals surface area contributed by atoms with Crippen LogP contribution in [0.2, 0.25) is 0 Å². The molecule has 0 N–H and O–H groups in total. The van der Waals surface area contributed by atoms with Crippen LogP contribution in [0.15, 0.2) is 66.7 Å². The van der Waals surface area contributed by atoms with Gasteiger partial charge < -0.3 is 9.47 Å². The largest absolute Gasteiger partial charge is 0.493 e. The van der Waals surface area contributed by atoms with E-state index in [4.69, 9.17) is 9.47 Å². The highest BCUT2D eigenvalue weighted by atomic mass is 16.6. The van der Waals surface area contributed by atoms with Crippen LogP contribution < -0.4 is 9.47 Å². The van der Waals surface area contributed by atoms with E-state index in [1.807, 2.05) is 0 Å². The van der Waals surface area contributed by atoms with Crippen molar-refractivity contribution in [1.29, 1.82) is 0 Å². The number of hydrogen-bond donors (Lipinski definition) is 0. The van der Waals surface area contributed by atoms with Crippen LogP contribution in [0.1, 0.15) is 21.5 Å². The molecule has 0 saturated heterocycles. The number of non-ortho nitro benzene ring substituents is 1. The van der Waals surface area contributed by atoms with Gasteiger partial charge in [0.15, 0.2) is 11.5 Å². The fourth-order valence-electron chi connectivity index (χ4n) is 2.74. The van der Waals surface area contributed by atoms with E-state index in [0.717, 1.165) is 6.07 Å². The molecule has 0 heterocycles. The summed E-state index contributed by atoms with van der Waals surface area (Å²) in [5.74, 6) is -0.0249. The number of carbonyl (C=O) groups is 1. The predicted molar refractivity (Wildman–Crippen MR) is 113 cm³/mol. The lowest BCUT2D eigenvalue weighted by molar-refractivity contribution is -0.394. The third-order valence-corrected chi connectivity index (χ3v) is 4.28. The number of carbonyl (C=O) groups excluding carboxylic acids is 1. The Kier molecular flexibility index (Phi) is 6.36. The second-order valence-corrected chi connectivity index (χ2v) is 6.26. The van der Waals surface area contributed by atoms with Gasteiger partial charge in [0.1, 0.15) is 0 Å². The second kappa shape index (κ2) is 9.31. The Labute approximate surface area is 176 Å². The molecule has 0 fully saturated rings. The number of benzene rings is 3. The molecule has 0 aliphatic carbocycles.